The second-order valence-corrected chi connectivity index (χ2v) is 8.66. The molecule has 30 heavy (non-hydrogen) atoms. The lowest BCUT2D eigenvalue weighted by Crippen LogP contribution is -2.15. The Hall–Kier alpha value is -2.66. The van der Waals surface area contributed by atoms with Crippen molar-refractivity contribution >= 4 is 73.7 Å². The molecule has 2 heterocycles. The molecule has 4 rings (SSSR count). The summed E-state index contributed by atoms with van der Waals surface area (Å²) in [5.74, 6) is -0.288. The summed E-state index contributed by atoms with van der Waals surface area (Å²) >= 11 is 14.6. The van der Waals surface area contributed by atoms with E-state index in [0.29, 0.717) is 9.90 Å². The van der Waals surface area contributed by atoms with Crippen LogP contribution in [0.2, 0.25) is 10.0 Å². The van der Waals surface area contributed by atoms with Crippen molar-refractivity contribution in [2.45, 2.75) is 5.22 Å². The molecule has 0 atom stereocenters. The van der Waals surface area contributed by atoms with E-state index in [1.807, 2.05) is 24.3 Å². The zero-order chi connectivity index (χ0) is 21.3. The summed E-state index contributed by atoms with van der Waals surface area (Å²) < 4.78 is 6.61. The molecule has 0 bridgehead atoms. The molecule has 0 saturated carbocycles. The van der Waals surface area contributed by atoms with Crippen molar-refractivity contribution < 1.29 is 14.1 Å². The maximum atomic E-state index is 12.2. The number of amides is 1. The van der Waals surface area contributed by atoms with Crippen LogP contribution >= 0.6 is 46.3 Å². The number of thiophene rings is 1. The number of halogens is 2. The van der Waals surface area contributed by atoms with E-state index in [1.165, 1.54) is 29.5 Å². The molecule has 0 saturated heterocycles. The first-order valence-corrected chi connectivity index (χ1v) is 10.9. The molecule has 0 radical (unpaired) electrons. The van der Waals surface area contributed by atoms with E-state index in [2.05, 4.69) is 15.5 Å². The number of carbonyl (C=O) groups excluding carboxylic acids is 1. The van der Waals surface area contributed by atoms with Crippen LogP contribution < -0.4 is 5.32 Å². The Morgan fingerprint density at radius 2 is 2.03 bits per heavy atom. The number of fused-ring (bicyclic) bond motifs is 1. The fraction of sp³-hybridized carbons (Fsp3) is 0.0556. The third-order valence-electron chi connectivity index (χ3n) is 3.89. The molecule has 0 aliphatic heterocycles. The summed E-state index contributed by atoms with van der Waals surface area (Å²) in [6, 6.07) is 11.7. The molecule has 2 aromatic heterocycles. The number of rotatable bonds is 6. The monoisotopic (exact) mass is 480 g/mol. The van der Waals surface area contributed by atoms with Gasteiger partial charge in [0.2, 0.25) is 5.91 Å². The fourth-order valence-electron chi connectivity index (χ4n) is 2.59. The fourth-order valence-corrected chi connectivity index (χ4v) is 4.75. The van der Waals surface area contributed by atoms with E-state index >= 15 is 0 Å². The average Bonchev–Trinajstić information content (AvgIpc) is 3.32. The Morgan fingerprint density at radius 3 is 2.80 bits per heavy atom. The van der Waals surface area contributed by atoms with Gasteiger partial charge in [-0.3, -0.25) is 14.9 Å². The first kappa shape index (κ1) is 20.6. The first-order valence-electron chi connectivity index (χ1n) is 8.30. The number of anilines is 1. The molecule has 0 aliphatic rings. The Balaban J connectivity index is 1.44. The normalized spacial score (nSPS) is 11.0. The zero-order valence-electron chi connectivity index (χ0n) is 14.8. The highest BCUT2D eigenvalue weighted by atomic mass is 35.5. The molecule has 0 unspecified atom stereocenters. The van der Waals surface area contributed by atoms with Crippen LogP contribution in [0.3, 0.4) is 0 Å². The van der Waals surface area contributed by atoms with E-state index in [-0.39, 0.29) is 33.3 Å². The summed E-state index contributed by atoms with van der Waals surface area (Å²) in [5, 5.41) is 23.3. The summed E-state index contributed by atoms with van der Waals surface area (Å²) in [7, 11) is 0. The van der Waals surface area contributed by atoms with E-state index in [4.69, 9.17) is 27.6 Å². The largest absolute Gasteiger partial charge is 0.410 e. The van der Waals surface area contributed by atoms with Crippen LogP contribution in [0.15, 0.2) is 52.1 Å². The highest BCUT2D eigenvalue weighted by molar-refractivity contribution is 7.99. The van der Waals surface area contributed by atoms with Crippen molar-refractivity contribution in [1.82, 2.24) is 10.2 Å². The van der Waals surface area contributed by atoms with Gasteiger partial charge in [-0.25, -0.2) is 0 Å². The second kappa shape index (κ2) is 8.60. The molecule has 1 amide bonds. The highest BCUT2D eigenvalue weighted by Gasteiger charge is 2.20. The zero-order valence-corrected chi connectivity index (χ0v) is 17.9. The van der Waals surface area contributed by atoms with Gasteiger partial charge >= 0.3 is 0 Å². The Kier molecular flexibility index (Phi) is 5.91. The summed E-state index contributed by atoms with van der Waals surface area (Å²) in [6.45, 7) is 0. The van der Waals surface area contributed by atoms with Gasteiger partial charge in [0.15, 0.2) is 0 Å². The number of aromatic nitrogens is 2. The molecular weight excluding hydrogens is 471 g/mol. The minimum Gasteiger partial charge on any atom is -0.410 e. The maximum Gasteiger partial charge on any atom is 0.294 e. The Labute approximate surface area is 187 Å². The topological polar surface area (TPSA) is 111 Å². The van der Waals surface area contributed by atoms with Crippen LogP contribution in [0.5, 0.6) is 0 Å². The van der Waals surface area contributed by atoms with Crippen LogP contribution in [-0.2, 0) is 4.79 Å². The molecule has 2 aromatic carbocycles. The molecule has 1 N–H and O–H groups in total. The van der Waals surface area contributed by atoms with E-state index in [0.717, 1.165) is 21.8 Å². The van der Waals surface area contributed by atoms with Crippen LogP contribution in [-0.4, -0.2) is 26.8 Å². The first-order chi connectivity index (χ1) is 14.4. The molecule has 12 heteroatoms. The van der Waals surface area contributed by atoms with E-state index in [1.54, 1.807) is 0 Å². The van der Waals surface area contributed by atoms with Gasteiger partial charge in [-0.2, -0.15) is 0 Å². The van der Waals surface area contributed by atoms with E-state index < -0.39 is 10.8 Å². The number of benzene rings is 2. The third kappa shape index (κ3) is 4.26. The molecule has 4 aromatic rings. The molecular formula is C18H10Cl2N4O4S2. The van der Waals surface area contributed by atoms with Gasteiger partial charge in [0.25, 0.3) is 16.8 Å². The predicted octanol–water partition coefficient (Wildman–Crippen LogP) is 5.90. The minimum absolute atomic E-state index is 0.0540. The van der Waals surface area contributed by atoms with Crippen LogP contribution in [0.25, 0.3) is 20.9 Å². The Bertz CT molecular complexity index is 1270. The number of hydrogen-bond acceptors (Lipinski definition) is 8. The number of nitro groups is 1. The summed E-state index contributed by atoms with van der Waals surface area (Å²) in [4.78, 5) is 23.3. The molecule has 152 valence electrons. The number of nitrogens with one attached hydrogen (secondary N) is 1. The van der Waals surface area contributed by atoms with Gasteiger partial charge in [-0.1, -0.05) is 53.2 Å². The van der Waals surface area contributed by atoms with Crippen molar-refractivity contribution in [3.63, 3.8) is 0 Å². The average molecular weight is 481 g/mol. The minimum atomic E-state index is -0.617. The number of nitro benzene ring substituents is 1. The summed E-state index contributed by atoms with van der Waals surface area (Å²) in [6.07, 6.45) is 0. The molecule has 8 nitrogen and oxygen atoms in total. The van der Waals surface area contributed by atoms with Crippen molar-refractivity contribution in [2.24, 2.45) is 0 Å². The summed E-state index contributed by atoms with van der Waals surface area (Å²) in [5.41, 5.74) is -0.237. The predicted molar refractivity (Wildman–Crippen MR) is 118 cm³/mol. The van der Waals surface area contributed by atoms with Gasteiger partial charge in [0, 0.05) is 21.2 Å². The number of nitrogens with zero attached hydrogens (tertiary/aromatic N) is 3. The maximum absolute atomic E-state index is 12.2. The van der Waals surface area contributed by atoms with Crippen molar-refractivity contribution in [1.29, 1.82) is 0 Å². The third-order valence-corrected chi connectivity index (χ3v) is 6.61. The highest BCUT2D eigenvalue weighted by Crippen LogP contribution is 2.41. The number of carbonyl (C=O) groups is 1. The van der Waals surface area contributed by atoms with Gasteiger partial charge in [-0.15, -0.1) is 21.5 Å². The van der Waals surface area contributed by atoms with Crippen molar-refractivity contribution in [2.75, 3.05) is 11.1 Å². The molecule has 0 fully saturated rings. The molecule has 0 aliphatic carbocycles. The van der Waals surface area contributed by atoms with Crippen molar-refractivity contribution in [3.05, 3.63) is 62.6 Å². The van der Waals surface area contributed by atoms with E-state index in [9.17, 15) is 14.9 Å². The second-order valence-electron chi connectivity index (χ2n) is 5.87. The van der Waals surface area contributed by atoms with Crippen LogP contribution in [0.1, 0.15) is 0 Å². The van der Waals surface area contributed by atoms with Gasteiger partial charge in [-0.05, 0) is 18.2 Å². The lowest BCUT2D eigenvalue weighted by molar-refractivity contribution is -0.383. The number of thioether (sulfide) groups is 1. The smallest absolute Gasteiger partial charge is 0.294 e. The Morgan fingerprint density at radius 1 is 1.23 bits per heavy atom. The van der Waals surface area contributed by atoms with Crippen molar-refractivity contribution in [3.8, 4) is 10.8 Å². The SMILES string of the molecule is O=C(CSc1nnc(-c2sc3ccccc3c2Cl)o1)Nc1ccc(Cl)cc1[N+](=O)[O-]. The number of hydrogen-bond donors (Lipinski definition) is 1. The molecule has 0 spiro atoms. The lowest BCUT2D eigenvalue weighted by Gasteiger charge is -2.05. The standard InChI is InChI=1S/C18H10Cl2N4O4S2/c19-9-5-6-11(12(7-9)24(26)27)21-14(25)8-29-18-23-22-17(28-18)16-15(20)10-3-1-2-4-13(10)30-16/h1-7H,8H2,(H,21,25). The van der Waals surface area contributed by atoms with Crippen LogP contribution in [0, 0.1) is 10.1 Å². The lowest BCUT2D eigenvalue weighted by atomic mass is 10.2. The quantitative estimate of drug-likeness (QED) is 0.207. The van der Waals surface area contributed by atoms with Crippen LogP contribution in [0.4, 0.5) is 11.4 Å². The van der Waals surface area contributed by atoms with Gasteiger partial charge in [0.1, 0.15) is 10.6 Å². The van der Waals surface area contributed by atoms with Gasteiger partial charge < -0.3 is 9.73 Å². The van der Waals surface area contributed by atoms with Gasteiger partial charge in [0.05, 0.1) is 15.7 Å².